The molecule has 2 N–H and O–H groups in total. The molecule has 4 rings (SSSR count). The standard InChI is InChI=1S/C21H18Cl2N4O2/c22-15-6-4-13(5-7-15)21(29)24-11-19(28)27-9-8-18-17(12-27)20(26-25-18)14-2-1-3-16(23)10-14/h1-7,10H,8-9,11-12H2,(H,24,29)(H,25,26). The van der Waals surface area contributed by atoms with Gasteiger partial charge in [0.15, 0.2) is 0 Å². The second-order valence-electron chi connectivity index (χ2n) is 6.79. The van der Waals surface area contributed by atoms with E-state index >= 15 is 0 Å². The summed E-state index contributed by atoms with van der Waals surface area (Å²) in [5.74, 6) is -0.452. The second-order valence-corrected chi connectivity index (χ2v) is 7.67. The minimum Gasteiger partial charge on any atom is -0.343 e. The van der Waals surface area contributed by atoms with Gasteiger partial charge < -0.3 is 10.2 Å². The Hall–Kier alpha value is -2.83. The topological polar surface area (TPSA) is 78.1 Å². The van der Waals surface area contributed by atoms with E-state index in [9.17, 15) is 9.59 Å². The lowest BCUT2D eigenvalue weighted by molar-refractivity contribution is -0.131. The number of hydrogen-bond acceptors (Lipinski definition) is 3. The lowest BCUT2D eigenvalue weighted by atomic mass is 10.0. The van der Waals surface area contributed by atoms with Crippen molar-refractivity contribution in [1.29, 1.82) is 0 Å². The zero-order valence-electron chi connectivity index (χ0n) is 15.4. The van der Waals surface area contributed by atoms with Gasteiger partial charge in [0.25, 0.3) is 5.91 Å². The Morgan fingerprint density at radius 3 is 2.66 bits per heavy atom. The molecule has 0 saturated heterocycles. The van der Waals surface area contributed by atoms with Crippen LogP contribution in [0.4, 0.5) is 0 Å². The van der Waals surface area contributed by atoms with E-state index in [0.717, 1.165) is 22.5 Å². The van der Waals surface area contributed by atoms with Crippen LogP contribution in [0.15, 0.2) is 48.5 Å². The first-order valence-electron chi connectivity index (χ1n) is 9.15. The molecule has 0 saturated carbocycles. The van der Waals surface area contributed by atoms with E-state index in [2.05, 4.69) is 15.5 Å². The van der Waals surface area contributed by atoms with Gasteiger partial charge in [-0.3, -0.25) is 14.7 Å². The summed E-state index contributed by atoms with van der Waals surface area (Å²) in [5, 5.41) is 11.3. The Labute approximate surface area is 177 Å². The number of aromatic amines is 1. The predicted octanol–water partition coefficient (Wildman–Crippen LogP) is 3.70. The molecule has 148 valence electrons. The maximum Gasteiger partial charge on any atom is 0.251 e. The van der Waals surface area contributed by atoms with Crippen molar-refractivity contribution in [2.24, 2.45) is 0 Å². The summed E-state index contributed by atoms with van der Waals surface area (Å²) in [4.78, 5) is 26.6. The van der Waals surface area contributed by atoms with Gasteiger partial charge >= 0.3 is 0 Å². The van der Waals surface area contributed by atoms with E-state index in [1.807, 2.05) is 24.3 Å². The molecule has 6 nitrogen and oxygen atoms in total. The molecule has 1 aliphatic rings. The average molecular weight is 429 g/mol. The van der Waals surface area contributed by atoms with Crippen LogP contribution in [-0.2, 0) is 17.8 Å². The van der Waals surface area contributed by atoms with Crippen LogP contribution in [-0.4, -0.2) is 40.0 Å². The average Bonchev–Trinajstić information content (AvgIpc) is 3.15. The highest BCUT2D eigenvalue weighted by molar-refractivity contribution is 6.31. The molecule has 1 aromatic heterocycles. The molecule has 2 amide bonds. The quantitative estimate of drug-likeness (QED) is 0.664. The van der Waals surface area contributed by atoms with E-state index < -0.39 is 0 Å². The monoisotopic (exact) mass is 428 g/mol. The normalized spacial score (nSPS) is 13.1. The number of rotatable bonds is 4. The molecule has 0 aliphatic carbocycles. The molecule has 0 fully saturated rings. The summed E-state index contributed by atoms with van der Waals surface area (Å²) < 4.78 is 0. The van der Waals surface area contributed by atoms with Crippen LogP contribution in [0.1, 0.15) is 21.6 Å². The van der Waals surface area contributed by atoms with Crippen molar-refractivity contribution in [3.63, 3.8) is 0 Å². The van der Waals surface area contributed by atoms with E-state index in [4.69, 9.17) is 23.2 Å². The Kier molecular flexibility index (Phi) is 5.56. The van der Waals surface area contributed by atoms with Gasteiger partial charge in [-0.1, -0.05) is 35.3 Å². The van der Waals surface area contributed by atoms with E-state index in [1.165, 1.54) is 0 Å². The maximum atomic E-state index is 12.7. The minimum absolute atomic E-state index is 0.0683. The first-order valence-corrected chi connectivity index (χ1v) is 9.90. The molecule has 0 unspecified atom stereocenters. The summed E-state index contributed by atoms with van der Waals surface area (Å²) in [5.41, 5.74) is 4.16. The zero-order chi connectivity index (χ0) is 20.4. The van der Waals surface area contributed by atoms with E-state index in [0.29, 0.717) is 35.1 Å². The number of carbonyl (C=O) groups is 2. The summed E-state index contributed by atoms with van der Waals surface area (Å²) in [6.07, 6.45) is 0.680. The largest absolute Gasteiger partial charge is 0.343 e. The first-order chi connectivity index (χ1) is 14.0. The number of nitrogens with one attached hydrogen (secondary N) is 2. The molecule has 8 heteroatoms. The number of hydrogen-bond donors (Lipinski definition) is 2. The third-order valence-electron chi connectivity index (χ3n) is 4.89. The fourth-order valence-corrected chi connectivity index (χ4v) is 3.67. The number of carbonyl (C=O) groups excluding carboxylic acids is 2. The highest BCUT2D eigenvalue weighted by Crippen LogP contribution is 2.29. The number of aromatic nitrogens is 2. The molecule has 2 heterocycles. The van der Waals surface area contributed by atoms with Crippen molar-refractivity contribution in [3.8, 4) is 11.3 Å². The van der Waals surface area contributed by atoms with Gasteiger partial charge in [0.2, 0.25) is 5.91 Å². The zero-order valence-corrected chi connectivity index (χ0v) is 16.9. The van der Waals surface area contributed by atoms with Gasteiger partial charge in [0.05, 0.1) is 12.2 Å². The Morgan fingerprint density at radius 1 is 1.10 bits per heavy atom. The van der Waals surface area contributed by atoms with Crippen LogP contribution in [0, 0.1) is 0 Å². The molecule has 0 radical (unpaired) electrons. The summed E-state index contributed by atoms with van der Waals surface area (Å²) >= 11 is 11.9. The highest BCUT2D eigenvalue weighted by Gasteiger charge is 2.26. The molecule has 2 aromatic carbocycles. The molecular weight excluding hydrogens is 411 g/mol. The van der Waals surface area contributed by atoms with Crippen LogP contribution in [0.5, 0.6) is 0 Å². The molecule has 1 aliphatic heterocycles. The molecule has 0 bridgehead atoms. The number of H-pyrrole nitrogens is 1. The number of fused-ring (bicyclic) bond motifs is 1. The van der Waals surface area contributed by atoms with Crippen molar-refractivity contribution in [2.45, 2.75) is 13.0 Å². The Morgan fingerprint density at radius 2 is 1.90 bits per heavy atom. The van der Waals surface area contributed by atoms with Gasteiger partial charge in [-0.05, 0) is 36.4 Å². The summed E-state index contributed by atoms with van der Waals surface area (Å²) in [7, 11) is 0. The Balaban J connectivity index is 1.43. The van der Waals surface area contributed by atoms with Crippen molar-refractivity contribution in [2.75, 3.05) is 13.1 Å². The van der Waals surface area contributed by atoms with Crippen LogP contribution in [0.3, 0.4) is 0 Å². The smallest absolute Gasteiger partial charge is 0.251 e. The van der Waals surface area contributed by atoms with Crippen molar-refractivity contribution in [3.05, 3.63) is 75.4 Å². The molecule has 29 heavy (non-hydrogen) atoms. The van der Waals surface area contributed by atoms with Gasteiger partial charge in [0, 0.05) is 51.9 Å². The molecule has 0 atom stereocenters. The first kappa shape index (κ1) is 19.5. The summed E-state index contributed by atoms with van der Waals surface area (Å²) in [6, 6.07) is 14.0. The number of amides is 2. The van der Waals surface area contributed by atoms with Gasteiger partial charge in [-0.15, -0.1) is 0 Å². The molecule has 0 spiro atoms. The number of halogens is 2. The van der Waals surface area contributed by atoms with Gasteiger partial charge in [-0.2, -0.15) is 5.10 Å². The highest BCUT2D eigenvalue weighted by atomic mass is 35.5. The molecule has 3 aromatic rings. The fourth-order valence-electron chi connectivity index (χ4n) is 3.35. The van der Waals surface area contributed by atoms with E-state index in [1.54, 1.807) is 29.2 Å². The van der Waals surface area contributed by atoms with Crippen LogP contribution < -0.4 is 5.32 Å². The van der Waals surface area contributed by atoms with E-state index in [-0.39, 0.29) is 18.4 Å². The van der Waals surface area contributed by atoms with Crippen LogP contribution in [0.2, 0.25) is 10.0 Å². The number of benzene rings is 2. The van der Waals surface area contributed by atoms with Crippen LogP contribution in [0.25, 0.3) is 11.3 Å². The SMILES string of the molecule is O=C(NCC(=O)N1CCc2[nH]nc(-c3cccc(Cl)c3)c2C1)c1ccc(Cl)cc1. The lowest BCUT2D eigenvalue weighted by Crippen LogP contribution is -2.42. The fraction of sp³-hybridized carbons (Fsp3) is 0.190. The summed E-state index contributed by atoms with van der Waals surface area (Å²) in [6.45, 7) is 0.935. The minimum atomic E-state index is -0.310. The maximum absolute atomic E-state index is 12.7. The second kappa shape index (κ2) is 8.27. The van der Waals surface area contributed by atoms with Crippen molar-refractivity contribution < 1.29 is 9.59 Å². The van der Waals surface area contributed by atoms with Crippen LogP contribution >= 0.6 is 23.2 Å². The van der Waals surface area contributed by atoms with Crippen molar-refractivity contribution in [1.82, 2.24) is 20.4 Å². The Bertz CT molecular complexity index is 1060. The number of nitrogens with zero attached hydrogens (tertiary/aromatic N) is 2. The van der Waals surface area contributed by atoms with Crippen molar-refractivity contribution >= 4 is 35.0 Å². The lowest BCUT2D eigenvalue weighted by Gasteiger charge is -2.27. The third-order valence-corrected chi connectivity index (χ3v) is 5.38. The van der Waals surface area contributed by atoms with Gasteiger partial charge in [0.1, 0.15) is 0 Å². The molecular formula is C21H18Cl2N4O2. The predicted molar refractivity (Wildman–Crippen MR) is 112 cm³/mol. The van der Waals surface area contributed by atoms with Gasteiger partial charge in [-0.25, -0.2) is 0 Å². The third kappa shape index (κ3) is 4.28.